The molecule has 180 valence electrons. The Hall–Kier alpha value is -3.24. The SMILES string of the molecule is COCC(C)(C)OC(=O)c1c(NC(=O)c2ccc(F)cc2Br)nc(N(C)C)n1-c1ccccc1. The smallest absolute Gasteiger partial charge is 0.359 e. The maximum Gasteiger partial charge on any atom is 0.359 e. The van der Waals surface area contributed by atoms with Gasteiger partial charge in [0.2, 0.25) is 5.95 Å². The number of esters is 1. The molecular formula is C24H26BrFN4O4. The molecule has 1 N–H and O–H groups in total. The van der Waals surface area contributed by atoms with E-state index < -0.39 is 23.3 Å². The molecule has 0 saturated heterocycles. The number of imidazole rings is 1. The van der Waals surface area contributed by atoms with E-state index in [0.29, 0.717) is 11.6 Å². The number of nitrogens with zero attached hydrogens (tertiary/aromatic N) is 3. The van der Waals surface area contributed by atoms with E-state index >= 15 is 0 Å². The lowest BCUT2D eigenvalue weighted by Gasteiger charge is -2.25. The summed E-state index contributed by atoms with van der Waals surface area (Å²) in [6.45, 7) is 3.61. The molecule has 0 unspecified atom stereocenters. The Morgan fingerprint density at radius 1 is 1.18 bits per heavy atom. The second kappa shape index (κ2) is 10.4. The molecule has 3 aromatic rings. The van der Waals surface area contributed by atoms with Crippen molar-refractivity contribution in [1.82, 2.24) is 9.55 Å². The van der Waals surface area contributed by atoms with E-state index in [1.807, 2.05) is 30.3 Å². The second-order valence-corrected chi connectivity index (χ2v) is 9.19. The number of benzene rings is 2. The van der Waals surface area contributed by atoms with Gasteiger partial charge in [0.15, 0.2) is 11.5 Å². The van der Waals surface area contributed by atoms with Crippen molar-refractivity contribution in [2.45, 2.75) is 19.4 Å². The van der Waals surface area contributed by atoms with Crippen LogP contribution in [0.2, 0.25) is 0 Å². The zero-order valence-corrected chi connectivity index (χ0v) is 21.1. The number of amides is 1. The van der Waals surface area contributed by atoms with Crippen LogP contribution in [0.1, 0.15) is 34.7 Å². The van der Waals surface area contributed by atoms with Crippen LogP contribution in [-0.2, 0) is 9.47 Å². The van der Waals surface area contributed by atoms with Crippen LogP contribution in [0.25, 0.3) is 5.69 Å². The van der Waals surface area contributed by atoms with Gasteiger partial charge in [-0.1, -0.05) is 18.2 Å². The monoisotopic (exact) mass is 532 g/mol. The van der Waals surface area contributed by atoms with Gasteiger partial charge in [0, 0.05) is 31.4 Å². The zero-order chi connectivity index (χ0) is 25.0. The van der Waals surface area contributed by atoms with Gasteiger partial charge in [0.1, 0.15) is 11.4 Å². The largest absolute Gasteiger partial charge is 0.452 e. The minimum absolute atomic E-state index is 0.00648. The molecule has 3 rings (SSSR count). The maximum absolute atomic E-state index is 13.5. The fourth-order valence-corrected chi connectivity index (χ4v) is 3.86. The summed E-state index contributed by atoms with van der Waals surface area (Å²) in [5, 5.41) is 2.69. The molecule has 0 radical (unpaired) electrons. The number of halogens is 2. The van der Waals surface area contributed by atoms with E-state index in [1.165, 1.54) is 25.3 Å². The standard InChI is InChI=1S/C24H26BrFN4O4/c1-24(2,14-33-5)34-22(32)19-20(27-21(31)17-12-11-15(26)13-18(17)25)28-23(29(3)4)30(19)16-9-7-6-8-10-16/h6-13H,14H2,1-5H3,(H,27,31). The Balaban J connectivity index is 2.14. The van der Waals surface area contributed by atoms with Gasteiger partial charge < -0.3 is 19.7 Å². The molecule has 0 aliphatic rings. The van der Waals surface area contributed by atoms with Crippen LogP contribution >= 0.6 is 15.9 Å². The van der Waals surface area contributed by atoms with Gasteiger partial charge in [0.25, 0.3) is 5.91 Å². The molecule has 0 spiro atoms. The van der Waals surface area contributed by atoms with Crippen molar-refractivity contribution in [1.29, 1.82) is 0 Å². The summed E-state index contributed by atoms with van der Waals surface area (Å²) in [4.78, 5) is 32.7. The number of nitrogens with one attached hydrogen (secondary N) is 1. The molecule has 34 heavy (non-hydrogen) atoms. The molecule has 0 fully saturated rings. The van der Waals surface area contributed by atoms with Crippen molar-refractivity contribution in [3.05, 3.63) is 70.1 Å². The van der Waals surface area contributed by atoms with Gasteiger partial charge in [0.05, 0.1) is 12.2 Å². The number of hydrogen-bond acceptors (Lipinski definition) is 6. The summed E-state index contributed by atoms with van der Waals surface area (Å²) in [5.41, 5.74) is -0.0672. The number of aromatic nitrogens is 2. The molecule has 0 bridgehead atoms. The van der Waals surface area contributed by atoms with Gasteiger partial charge in [-0.15, -0.1) is 0 Å². The Morgan fingerprint density at radius 3 is 2.44 bits per heavy atom. The average Bonchev–Trinajstić information content (AvgIpc) is 3.13. The number of carbonyl (C=O) groups excluding carboxylic acids is 2. The first kappa shape index (κ1) is 25.4. The average molecular weight is 533 g/mol. The van der Waals surface area contributed by atoms with E-state index in [-0.39, 0.29) is 28.2 Å². The number of para-hydroxylation sites is 1. The highest BCUT2D eigenvalue weighted by Crippen LogP contribution is 2.30. The van der Waals surface area contributed by atoms with Crippen molar-refractivity contribution in [3.63, 3.8) is 0 Å². The minimum atomic E-state index is -0.933. The first-order valence-corrected chi connectivity index (χ1v) is 11.2. The molecule has 1 aromatic heterocycles. The third kappa shape index (κ3) is 5.63. The van der Waals surface area contributed by atoms with Gasteiger partial charge >= 0.3 is 5.97 Å². The molecule has 1 heterocycles. The molecule has 0 atom stereocenters. The Morgan fingerprint density at radius 2 is 1.85 bits per heavy atom. The maximum atomic E-state index is 13.5. The van der Waals surface area contributed by atoms with E-state index in [0.717, 1.165) is 0 Å². The van der Waals surface area contributed by atoms with E-state index in [9.17, 15) is 14.0 Å². The predicted octanol–water partition coefficient (Wildman–Crippen LogP) is 4.67. The molecular weight excluding hydrogens is 507 g/mol. The Kier molecular flexibility index (Phi) is 7.73. The minimum Gasteiger partial charge on any atom is -0.452 e. The molecule has 10 heteroatoms. The topological polar surface area (TPSA) is 85.7 Å². The highest BCUT2D eigenvalue weighted by atomic mass is 79.9. The molecule has 2 aromatic carbocycles. The summed E-state index contributed by atoms with van der Waals surface area (Å²) in [6.07, 6.45) is 0. The number of ether oxygens (including phenoxy) is 2. The third-order valence-electron chi connectivity index (χ3n) is 4.74. The quantitative estimate of drug-likeness (QED) is 0.424. The summed E-state index contributed by atoms with van der Waals surface area (Å²) in [5.74, 6) is -1.35. The fourth-order valence-electron chi connectivity index (χ4n) is 3.33. The van der Waals surface area contributed by atoms with Crippen LogP contribution in [0.15, 0.2) is 53.0 Å². The summed E-state index contributed by atoms with van der Waals surface area (Å²) in [7, 11) is 5.06. The highest BCUT2D eigenvalue weighted by Gasteiger charge is 2.32. The van der Waals surface area contributed by atoms with Crippen LogP contribution in [0, 0.1) is 5.82 Å². The third-order valence-corrected chi connectivity index (χ3v) is 5.39. The van der Waals surface area contributed by atoms with Gasteiger partial charge in [-0.25, -0.2) is 9.18 Å². The zero-order valence-electron chi connectivity index (χ0n) is 19.6. The van der Waals surface area contributed by atoms with Crippen LogP contribution in [0.5, 0.6) is 0 Å². The number of hydrogen-bond donors (Lipinski definition) is 1. The van der Waals surface area contributed by atoms with Crippen molar-refractivity contribution in [3.8, 4) is 5.69 Å². The highest BCUT2D eigenvalue weighted by molar-refractivity contribution is 9.10. The Labute approximate surface area is 205 Å². The summed E-state index contributed by atoms with van der Waals surface area (Å²) < 4.78 is 26.3. The molecule has 8 nitrogen and oxygen atoms in total. The molecule has 0 aliphatic carbocycles. The lowest BCUT2D eigenvalue weighted by atomic mass is 10.1. The van der Waals surface area contributed by atoms with Crippen LogP contribution in [0.4, 0.5) is 16.2 Å². The van der Waals surface area contributed by atoms with Crippen LogP contribution < -0.4 is 10.2 Å². The number of carbonyl (C=O) groups is 2. The van der Waals surface area contributed by atoms with E-state index in [2.05, 4.69) is 26.2 Å². The fraction of sp³-hybridized carbons (Fsp3) is 0.292. The lowest BCUT2D eigenvalue weighted by Crippen LogP contribution is -2.34. The first-order valence-electron chi connectivity index (χ1n) is 10.4. The van der Waals surface area contributed by atoms with Crippen LogP contribution in [0.3, 0.4) is 0 Å². The van der Waals surface area contributed by atoms with Crippen molar-refractivity contribution >= 4 is 39.6 Å². The number of rotatable bonds is 8. The predicted molar refractivity (Wildman–Crippen MR) is 131 cm³/mol. The first-order chi connectivity index (χ1) is 16.0. The Bertz CT molecular complexity index is 1200. The second-order valence-electron chi connectivity index (χ2n) is 8.33. The van der Waals surface area contributed by atoms with E-state index in [4.69, 9.17) is 9.47 Å². The molecule has 0 saturated carbocycles. The summed E-state index contributed by atoms with van der Waals surface area (Å²) in [6, 6.07) is 12.8. The number of anilines is 2. The molecule has 1 amide bonds. The molecule has 0 aliphatic heterocycles. The van der Waals surface area contributed by atoms with Crippen molar-refractivity contribution in [2.75, 3.05) is 38.0 Å². The number of methoxy groups -OCH3 is 1. The lowest BCUT2D eigenvalue weighted by molar-refractivity contribution is -0.0370. The van der Waals surface area contributed by atoms with Crippen molar-refractivity contribution < 1.29 is 23.5 Å². The van der Waals surface area contributed by atoms with Gasteiger partial charge in [-0.05, 0) is 60.1 Å². The van der Waals surface area contributed by atoms with Crippen LogP contribution in [-0.4, -0.2) is 54.8 Å². The van der Waals surface area contributed by atoms with Gasteiger partial charge in [-0.3, -0.25) is 9.36 Å². The normalized spacial score (nSPS) is 11.3. The van der Waals surface area contributed by atoms with Crippen molar-refractivity contribution in [2.24, 2.45) is 0 Å². The summed E-state index contributed by atoms with van der Waals surface area (Å²) >= 11 is 3.20. The van der Waals surface area contributed by atoms with E-state index in [1.54, 1.807) is 37.4 Å². The van der Waals surface area contributed by atoms with Gasteiger partial charge in [-0.2, -0.15) is 4.98 Å².